The molecule has 11 nitrogen and oxygen atoms in total. The number of aromatic amines is 2. The van der Waals surface area contributed by atoms with Crippen molar-refractivity contribution in [1.29, 1.82) is 0 Å². The Labute approximate surface area is 202 Å². The molecule has 2 aromatic heterocycles. The molecule has 0 aliphatic rings. The molecule has 2 atom stereocenters. The molecule has 1 amide bonds. The van der Waals surface area contributed by atoms with Gasteiger partial charge in [0, 0.05) is 12.1 Å². The first-order chi connectivity index (χ1) is 17.1. The van der Waals surface area contributed by atoms with Gasteiger partial charge < -0.3 is 36.3 Å². The van der Waals surface area contributed by atoms with E-state index in [9.17, 15) is 29.0 Å². The fourth-order valence-electron chi connectivity index (χ4n) is 4.01. The third kappa shape index (κ3) is 5.19. The highest BCUT2D eigenvalue weighted by Gasteiger charge is 2.19. The number of carbonyl (C=O) groups is 2. The van der Waals surface area contributed by atoms with Crippen LogP contribution in [-0.2, 0) is 4.79 Å². The lowest BCUT2D eigenvalue weighted by atomic mass is 10.1. The lowest BCUT2D eigenvalue weighted by Crippen LogP contribution is -2.29. The summed E-state index contributed by atoms with van der Waals surface area (Å²) in [6.07, 6.45) is -2.62. The standard InChI is InChI=1S/C24H24FN5O6/c25-14-2-1-3-16-19(14)21(26)20(24(36)30-16)22-28-15-5-4-11(8-17(15)29-22)23(35)27-7-6-12(31)9-13(32)10-18(33)34/h1-5,8,12-13,31-32H,6-7,9-10H2,(H,27,35)(H,28,29)(H,33,34)(H3,26,30,36). The minimum atomic E-state index is -1.18. The van der Waals surface area contributed by atoms with Crippen molar-refractivity contribution in [2.24, 2.45) is 0 Å². The molecule has 0 aliphatic heterocycles. The van der Waals surface area contributed by atoms with Crippen LogP contribution in [0.15, 0.2) is 41.2 Å². The van der Waals surface area contributed by atoms with Gasteiger partial charge >= 0.3 is 5.97 Å². The molecule has 0 aliphatic carbocycles. The number of nitrogens with one attached hydrogen (secondary N) is 3. The van der Waals surface area contributed by atoms with E-state index in [-0.39, 0.29) is 52.9 Å². The van der Waals surface area contributed by atoms with Crippen molar-refractivity contribution >= 4 is 39.5 Å². The third-order valence-electron chi connectivity index (χ3n) is 5.73. The summed E-state index contributed by atoms with van der Waals surface area (Å²) in [6.45, 7) is 0.0978. The van der Waals surface area contributed by atoms with E-state index in [1.807, 2.05) is 0 Å². The SMILES string of the molecule is Nc1c(-c2nc3ccc(C(=O)NCCC(O)CC(O)CC(=O)O)cc3[nH]2)c(=O)[nH]c2cccc(F)c12. The van der Waals surface area contributed by atoms with Crippen LogP contribution in [0.25, 0.3) is 33.3 Å². The van der Waals surface area contributed by atoms with Crippen LogP contribution >= 0.6 is 0 Å². The van der Waals surface area contributed by atoms with Gasteiger partial charge in [0.1, 0.15) is 17.2 Å². The molecule has 188 valence electrons. The maximum atomic E-state index is 14.4. The van der Waals surface area contributed by atoms with E-state index in [0.717, 1.165) is 0 Å². The maximum Gasteiger partial charge on any atom is 0.305 e. The van der Waals surface area contributed by atoms with E-state index >= 15 is 0 Å². The Morgan fingerprint density at radius 1 is 1.11 bits per heavy atom. The Morgan fingerprint density at radius 3 is 2.64 bits per heavy atom. The zero-order chi connectivity index (χ0) is 26.0. The van der Waals surface area contributed by atoms with Gasteiger partial charge in [0.25, 0.3) is 11.5 Å². The van der Waals surface area contributed by atoms with Crippen molar-refractivity contribution in [3.8, 4) is 11.4 Å². The minimum Gasteiger partial charge on any atom is -0.481 e. The number of H-pyrrole nitrogens is 2. The number of rotatable bonds is 9. The first-order valence-electron chi connectivity index (χ1n) is 11.1. The maximum absolute atomic E-state index is 14.4. The van der Waals surface area contributed by atoms with E-state index in [0.29, 0.717) is 11.0 Å². The number of carboxylic acid groups (broad SMARTS) is 1. The number of nitrogens with zero attached hydrogens (tertiary/aromatic N) is 1. The number of aliphatic carboxylic acids is 1. The van der Waals surface area contributed by atoms with Gasteiger partial charge in [-0.15, -0.1) is 0 Å². The van der Waals surface area contributed by atoms with Gasteiger partial charge in [-0.05, 0) is 43.2 Å². The second kappa shape index (κ2) is 10.1. The van der Waals surface area contributed by atoms with Gasteiger partial charge in [-0.25, -0.2) is 9.37 Å². The van der Waals surface area contributed by atoms with Crippen LogP contribution in [0.4, 0.5) is 10.1 Å². The number of aliphatic hydroxyl groups is 2. The van der Waals surface area contributed by atoms with Gasteiger partial charge in [0.2, 0.25) is 0 Å². The number of benzene rings is 2. The molecular weight excluding hydrogens is 473 g/mol. The van der Waals surface area contributed by atoms with Crippen molar-refractivity contribution in [1.82, 2.24) is 20.3 Å². The number of fused-ring (bicyclic) bond motifs is 2. The monoisotopic (exact) mass is 497 g/mol. The summed E-state index contributed by atoms with van der Waals surface area (Å²) in [7, 11) is 0. The molecule has 2 heterocycles. The van der Waals surface area contributed by atoms with Crippen LogP contribution in [0.2, 0.25) is 0 Å². The van der Waals surface area contributed by atoms with E-state index < -0.39 is 41.9 Å². The Kier molecular flexibility index (Phi) is 6.99. The lowest BCUT2D eigenvalue weighted by molar-refractivity contribution is -0.139. The van der Waals surface area contributed by atoms with Crippen LogP contribution in [0.5, 0.6) is 0 Å². The zero-order valence-electron chi connectivity index (χ0n) is 18.9. The number of hydrogen-bond donors (Lipinski definition) is 7. The molecule has 4 aromatic rings. The fraction of sp³-hybridized carbons (Fsp3) is 0.250. The third-order valence-corrected chi connectivity index (χ3v) is 5.73. The number of aliphatic hydroxyl groups excluding tert-OH is 2. The molecule has 0 radical (unpaired) electrons. The summed E-state index contributed by atoms with van der Waals surface area (Å²) in [6, 6.07) is 8.88. The highest BCUT2D eigenvalue weighted by Crippen LogP contribution is 2.30. The molecule has 4 rings (SSSR count). The van der Waals surface area contributed by atoms with Crippen molar-refractivity contribution in [2.45, 2.75) is 31.5 Å². The molecule has 0 fully saturated rings. The largest absolute Gasteiger partial charge is 0.481 e. The number of amides is 1. The molecule has 12 heteroatoms. The van der Waals surface area contributed by atoms with Gasteiger partial charge in [-0.2, -0.15) is 0 Å². The second-order valence-electron chi connectivity index (χ2n) is 8.41. The molecule has 0 saturated carbocycles. The number of hydrogen-bond acceptors (Lipinski definition) is 7. The number of halogens is 1. The molecule has 2 unspecified atom stereocenters. The number of imidazole rings is 1. The fourth-order valence-corrected chi connectivity index (χ4v) is 4.01. The molecule has 2 aromatic carbocycles. The molecule has 36 heavy (non-hydrogen) atoms. The number of nitrogens with two attached hydrogens (primary N) is 1. The highest BCUT2D eigenvalue weighted by molar-refractivity contribution is 6.00. The summed E-state index contributed by atoms with van der Waals surface area (Å²) < 4.78 is 14.4. The van der Waals surface area contributed by atoms with Gasteiger partial charge in [-0.3, -0.25) is 14.4 Å². The van der Waals surface area contributed by atoms with Crippen LogP contribution in [0.3, 0.4) is 0 Å². The van der Waals surface area contributed by atoms with Crippen molar-refractivity contribution < 1.29 is 29.3 Å². The quantitative estimate of drug-likeness (QED) is 0.181. The van der Waals surface area contributed by atoms with Gasteiger partial charge in [0.15, 0.2) is 0 Å². The second-order valence-corrected chi connectivity index (χ2v) is 8.41. The Hall–Kier alpha value is -4.29. The molecular formula is C24H24FN5O6. The van der Waals surface area contributed by atoms with Crippen molar-refractivity contribution in [3.05, 3.63) is 58.1 Å². The number of carbonyl (C=O) groups excluding carboxylic acids is 1. The molecule has 0 spiro atoms. The summed E-state index contributed by atoms with van der Waals surface area (Å²) in [4.78, 5) is 45.7. The summed E-state index contributed by atoms with van der Waals surface area (Å²) >= 11 is 0. The van der Waals surface area contributed by atoms with Gasteiger partial charge in [-0.1, -0.05) is 6.07 Å². The Morgan fingerprint density at radius 2 is 1.89 bits per heavy atom. The van der Waals surface area contributed by atoms with Crippen LogP contribution < -0.4 is 16.6 Å². The number of carboxylic acids is 1. The van der Waals surface area contributed by atoms with Crippen molar-refractivity contribution in [2.75, 3.05) is 12.3 Å². The van der Waals surface area contributed by atoms with E-state index in [1.165, 1.54) is 24.3 Å². The summed E-state index contributed by atoms with van der Waals surface area (Å²) in [5, 5.41) is 30.9. The average molecular weight is 497 g/mol. The average Bonchev–Trinajstić information content (AvgIpc) is 3.20. The van der Waals surface area contributed by atoms with Crippen LogP contribution in [0, 0.1) is 5.82 Å². The lowest BCUT2D eigenvalue weighted by Gasteiger charge is -2.14. The predicted molar refractivity (Wildman–Crippen MR) is 130 cm³/mol. The first kappa shape index (κ1) is 24.8. The van der Waals surface area contributed by atoms with Gasteiger partial charge in [0.05, 0.1) is 46.3 Å². The first-order valence-corrected chi connectivity index (χ1v) is 11.1. The zero-order valence-corrected chi connectivity index (χ0v) is 18.9. The van der Waals surface area contributed by atoms with Crippen LogP contribution in [-0.4, -0.2) is 60.9 Å². The summed E-state index contributed by atoms with van der Waals surface area (Å²) in [5.41, 5.74) is 6.96. The Balaban J connectivity index is 1.49. The topological polar surface area (TPSA) is 194 Å². The highest BCUT2D eigenvalue weighted by atomic mass is 19.1. The Bertz CT molecular complexity index is 1510. The normalized spacial score (nSPS) is 13.1. The van der Waals surface area contributed by atoms with Crippen molar-refractivity contribution in [3.63, 3.8) is 0 Å². The van der Waals surface area contributed by atoms with E-state index in [2.05, 4.69) is 20.3 Å². The van der Waals surface area contributed by atoms with Crippen LogP contribution in [0.1, 0.15) is 29.6 Å². The molecule has 0 saturated heterocycles. The number of nitrogen functional groups attached to an aromatic ring is 1. The summed E-state index contributed by atoms with van der Waals surface area (Å²) in [5.74, 6) is -2.06. The number of pyridine rings is 1. The predicted octanol–water partition coefficient (Wildman–Crippen LogP) is 1.50. The smallest absolute Gasteiger partial charge is 0.305 e. The minimum absolute atomic E-state index is 0.0196. The number of aromatic nitrogens is 3. The molecule has 8 N–H and O–H groups in total. The number of anilines is 1. The molecule has 0 bridgehead atoms. The van der Waals surface area contributed by atoms with E-state index in [1.54, 1.807) is 12.1 Å². The van der Waals surface area contributed by atoms with E-state index in [4.69, 9.17) is 10.8 Å².